The highest BCUT2D eigenvalue weighted by atomic mass is 16.7. The molecule has 0 spiro atoms. The van der Waals surface area contributed by atoms with Crippen molar-refractivity contribution >= 4 is 12.1 Å². The van der Waals surface area contributed by atoms with E-state index in [0.717, 1.165) is 5.06 Å². The van der Waals surface area contributed by atoms with Gasteiger partial charge in [0.05, 0.1) is 7.11 Å². The van der Waals surface area contributed by atoms with Crippen LogP contribution in [0.3, 0.4) is 0 Å². The molecule has 0 heterocycles. The quantitative estimate of drug-likeness (QED) is 0.522. The molecule has 6 nitrogen and oxygen atoms in total. The molecular weight excluding hydrogens is 202 g/mol. The Hall–Kier alpha value is -1.30. The largest absolute Gasteiger partial charge is 0.457 e. The molecule has 0 aliphatic rings. The molecule has 15 heavy (non-hydrogen) atoms. The molecule has 0 rings (SSSR count). The number of carbonyl (C=O) groups is 2. The van der Waals surface area contributed by atoms with E-state index in [1.807, 2.05) is 0 Å². The van der Waals surface area contributed by atoms with Crippen molar-refractivity contribution in [2.75, 3.05) is 20.8 Å². The van der Waals surface area contributed by atoms with Gasteiger partial charge in [-0.15, -0.1) is 0 Å². The molecule has 0 saturated carbocycles. The molecule has 6 heteroatoms. The van der Waals surface area contributed by atoms with Gasteiger partial charge in [-0.3, -0.25) is 4.84 Å². The summed E-state index contributed by atoms with van der Waals surface area (Å²) < 4.78 is 9.52. The maximum absolute atomic E-state index is 11.1. The Kier molecular flexibility index (Phi) is 5.07. The van der Waals surface area contributed by atoms with Crippen LogP contribution in [-0.2, 0) is 19.1 Å². The van der Waals surface area contributed by atoms with Gasteiger partial charge in [0.1, 0.15) is 5.60 Å². The van der Waals surface area contributed by atoms with Gasteiger partial charge in [-0.05, 0) is 20.8 Å². The molecule has 0 atom stereocenters. The Balaban J connectivity index is 3.87. The van der Waals surface area contributed by atoms with Crippen LogP contribution in [-0.4, -0.2) is 43.5 Å². The number of hydrogen-bond acceptors (Lipinski definition) is 5. The van der Waals surface area contributed by atoms with Crippen molar-refractivity contribution in [2.45, 2.75) is 26.4 Å². The SMILES string of the molecule is CON(C)C(=O)OCC(=O)OC(C)(C)C. The minimum Gasteiger partial charge on any atom is -0.457 e. The fourth-order valence-corrected chi connectivity index (χ4v) is 0.657. The molecule has 1 amide bonds. The van der Waals surface area contributed by atoms with Crippen molar-refractivity contribution in [3.63, 3.8) is 0 Å². The molecule has 0 bridgehead atoms. The van der Waals surface area contributed by atoms with Crippen LogP contribution in [0.4, 0.5) is 4.79 Å². The Morgan fingerprint density at radius 1 is 1.27 bits per heavy atom. The van der Waals surface area contributed by atoms with Gasteiger partial charge in [0, 0.05) is 7.05 Å². The van der Waals surface area contributed by atoms with Crippen LogP contribution in [0.5, 0.6) is 0 Å². The van der Waals surface area contributed by atoms with E-state index in [1.54, 1.807) is 20.8 Å². The van der Waals surface area contributed by atoms with Gasteiger partial charge in [-0.2, -0.15) is 5.06 Å². The van der Waals surface area contributed by atoms with Gasteiger partial charge in [0.2, 0.25) is 0 Å². The van der Waals surface area contributed by atoms with Crippen molar-refractivity contribution < 1.29 is 23.9 Å². The Morgan fingerprint density at radius 2 is 1.80 bits per heavy atom. The summed E-state index contributed by atoms with van der Waals surface area (Å²) in [4.78, 5) is 26.7. The lowest BCUT2D eigenvalue weighted by molar-refractivity contribution is -0.160. The molecule has 0 radical (unpaired) electrons. The number of ether oxygens (including phenoxy) is 2. The number of rotatable bonds is 3. The van der Waals surface area contributed by atoms with Gasteiger partial charge >= 0.3 is 12.1 Å². The topological polar surface area (TPSA) is 65.1 Å². The number of carbonyl (C=O) groups excluding carboxylic acids is 2. The van der Waals surface area contributed by atoms with E-state index in [4.69, 9.17) is 4.74 Å². The van der Waals surface area contributed by atoms with Crippen molar-refractivity contribution in [1.82, 2.24) is 5.06 Å². The maximum Gasteiger partial charge on any atom is 0.434 e. The van der Waals surface area contributed by atoms with Gasteiger partial charge in [0.15, 0.2) is 6.61 Å². The molecular formula is C9H17NO5. The minimum atomic E-state index is -0.747. The van der Waals surface area contributed by atoms with Crippen LogP contribution >= 0.6 is 0 Å². The minimum absolute atomic E-state index is 0.427. The van der Waals surface area contributed by atoms with E-state index >= 15 is 0 Å². The van der Waals surface area contributed by atoms with Crippen LogP contribution in [0.2, 0.25) is 0 Å². The van der Waals surface area contributed by atoms with E-state index in [-0.39, 0.29) is 0 Å². The van der Waals surface area contributed by atoms with Crippen LogP contribution in [0.15, 0.2) is 0 Å². The van der Waals surface area contributed by atoms with E-state index in [2.05, 4.69) is 9.57 Å². The lowest BCUT2D eigenvalue weighted by Crippen LogP contribution is -2.31. The normalized spacial score (nSPS) is 10.7. The molecule has 0 unspecified atom stereocenters. The first-order chi connectivity index (χ1) is 6.76. The number of hydroxylamine groups is 2. The lowest BCUT2D eigenvalue weighted by Gasteiger charge is -2.19. The monoisotopic (exact) mass is 219 g/mol. The second kappa shape index (κ2) is 5.55. The molecule has 0 fully saturated rings. The summed E-state index contributed by atoms with van der Waals surface area (Å²) in [6.07, 6.45) is -0.747. The van der Waals surface area contributed by atoms with Crippen LogP contribution in [0, 0.1) is 0 Å². The first-order valence-electron chi connectivity index (χ1n) is 4.42. The Bertz CT molecular complexity index is 233. The Labute approximate surface area is 89.0 Å². The highest BCUT2D eigenvalue weighted by Gasteiger charge is 2.18. The lowest BCUT2D eigenvalue weighted by atomic mass is 10.2. The van der Waals surface area contributed by atoms with E-state index in [1.165, 1.54) is 14.2 Å². The van der Waals surface area contributed by atoms with Gasteiger partial charge in [-0.1, -0.05) is 0 Å². The first kappa shape index (κ1) is 13.7. The number of nitrogens with zero attached hydrogens (tertiary/aromatic N) is 1. The smallest absolute Gasteiger partial charge is 0.434 e. The van der Waals surface area contributed by atoms with Crippen molar-refractivity contribution in [2.24, 2.45) is 0 Å². The summed E-state index contributed by atoms with van der Waals surface area (Å²) in [6.45, 7) is 4.76. The van der Waals surface area contributed by atoms with Gasteiger partial charge in [0.25, 0.3) is 0 Å². The second-order valence-electron chi connectivity index (χ2n) is 3.82. The third kappa shape index (κ3) is 6.73. The predicted molar refractivity (Wildman–Crippen MR) is 52.0 cm³/mol. The summed E-state index contributed by atoms with van der Waals surface area (Å²) in [7, 11) is 2.69. The molecule has 0 N–H and O–H groups in total. The predicted octanol–water partition coefficient (Wildman–Crippen LogP) is 0.958. The van der Waals surface area contributed by atoms with Crippen LogP contribution in [0.1, 0.15) is 20.8 Å². The summed E-state index contributed by atoms with van der Waals surface area (Å²) in [5.74, 6) is -0.597. The molecule has 0 aromatic heterocycles. The summed E-state index contributed by atoms with van der Waals surface area (Å²) >= 11 is 0. The number of esters is 1. The second-order valence-corrected chi connectivity index (χ2v) is 3.82. The highest BCUT2D eigenvalue weighted by molar-refractivity contribution is 5.75. The zero-order valence-corrected chi connectivity index (χ0v) is 9.70. The third-order valence-electron chi connectivity index (χ3n) is 1.26. The molecule has 88 valence electrons. The average Bonchev–Trinajstić information content (AvgIpc) is 2.10. The fraction of sp³-hybridized carbons (Fsp3) is 0.778. The van der Waals surface area contributed by atoms with Crippen molar-refractivity contribution in [3.05, 3.63) is 0 Å². The molecule has 0 aromatic rings. The van der Waals surface area contributed by atoms with Crippen molar-refractivity contribution in [1.29, 1.82) is 0 Å². The number of amides is 1. The van der Waals surface area contributed by atoms with Crippen LogP contribution < -0.4 is 0 Å². The van der Waals surface area contributed by atoms with E-state index in [9.17, 15) is 9.59 Å². The summed E-state index contributed by atoms with van der Waals surface area (Å²) in [6, 6.07) is 0. The maximum atomic E-state index is 11.1. The highest BCUT2D eigenvalue weighted by Crippen LogP contribution is 2.06. The fourth-order valence-electron chi connectivity index (χ4n) is 0.657. The van der Waals surface area contributed by atoms with Gasteiger partial charge in [-0.25, -0.2) is 9.59 Å². The average molecular weight is 219 g/mol. The molecule has 0 saturated heterocycles. The summed E-state index contributed by atoms with van der Waals surface area (Å²) in [5, 5.41) is 0.865. The summed E-state index contributed by atoms with van der Waals surface area (Å²) in [5.41, 5.74) is -0.587. The Morgan fingerprint density at radius 3 is 2.20 bits per heavy atom. The van der Waals surface area contributed by atoms with Crippen LogP contribution in [0.25, 0.3) is 0 Å². The number of hydrogen-bond donors (Lipinski definition) is 0. The zero-order chi connectivity index (χ0) is 12.1. The van der Waals surface area contributed by atoms with E-state index < -0.39 is 24.3 Å². The standard InChI is InChI=1S/C9H17NO5/c1-9(2,3)15-7(11)6-14-8(12)10(4)13-5/h6H2,1-5H3. The molecule has 0 aliphatic carbocycles. The molecule has 0 aliphatic heterocycles. The van der Waals surface area contributed by atoms with Crippen molar-refractivity contribution in [3.8, 4) is 0 Å². The van der Waals surface area contributed by atoms with Gasteiger partial charge < -0.3 is 9.47 Å². The third-order valence-corrected chi connectivity index (χ3v) is 1.26. The molecule has 0 aromatic carbocycles. The van der Waals surface area contributed by atoms with E-state index in [0.29, 0.717) is 0 Å². The zero-order valence-electron chi connectivity index (χ0n) is 9.70. The first-order valence-corrected chi connectivity index (χ1v) is 4.42.